The Labute approximate surface area is 123 Å². The Hall–Kier alpha value is -1.45. The highest BCUT2D eigenvalue weighted by Crippen LogP contribution is 2.30. The third-order valence-corrected chi connectivity index (χ3v) is 3.42. The molecule has 19 heavy (non-hydrogen) atoms. The van der Waals surface area contributed by atoms with E-state index in [1.165, 1.54) is 11.1 Å². The van der Waals surface area contributed by atoms with E-state index in [1.807, 2.05) is 11.9 Å². The van der Waals surface area contributed by atoms with Crippen LogP contribution in [0, 0.1) is 6.92 Å². The Balaban J connectivity index is 2.22. The number of nitrogens with zero attached hydrogens (tertiary/aromatic N) is 2. The third-order valence-electron chi connectivity index (χ3n) is 2.84. The second-order valence-electron chi connectivity index (χ2n) is 4.50. The van der Waals surface area contributed by atoms with Crippen LogP contribution in [0.4, 0.5) is 11.6 Å². The zero-order valence-electron chi connectivity index (χ0n) is 10.8. The Morgan fingerprint density at radius 1 is 1.16 bits per heavy atom. The number of nitrogens with two attached hydrogens (primary N) is 1. The highest BCUT2D eigenvalue weighted by Gasteiger charge is 2.11. The highest BCUT2D eigenvalue weighted by molar-refractivity contribution is 6.37. The molecule has 1 aromatic heterocycles. The Kier molecular flexibility index (Phi) is 4.17. The Bertz CT molecular complexity index is 582. The van der Waals surface area contributed by atoms with E-state index in [-0.39, 0.29) is 5.82 Å². The van der Waals surface area contributed by atoms with Crippen molar-refractivity contribution in [2.75, 3.05) is 17.7 Å². The van der Waals surface area contributed by atoms with E-state index in [2.05, 4.69) is 36.2 Å². The predicted molar refractivity (Wildman–Crippen MR) is 82.0 cm³/mol. The summed E-state index contributed by atoms with van der Waals surface area (Å²) in [6, 6.07) is 9.94. The second kappa shape index (κ2) is 5.68. The fourth-order valence-corrected chi connectivity index (χ4v) is 2.28. The van der Waals surface area contributed by atoms with E-state index < -0.39 is 0 Å². The number of hydrogen-bond donors (Lipinski definition) is 1. The standard InChI is InChI=1S/C14H15Cl2N3/c1-9-3-5-10(6-4-9)8-19(2)14-12(16)7-11(15)13(17)18-14/h3-7H,8H2,1-2H3,(H2,17,18). The number of halogens is 2. The molecule has 2 rings (SSSR count). The minimum Gasteiger partial charge on any atom is -0.382 e. The van der Waals surface area contributed by atoms with Crippen LogP contribution in [0.15, 0.2) is 30.3 Å². The summed E-state index contributed by atoms with van der Waals surface area (Å²) in [4.78, 5) is 6.17. The van der Waals surface area contributed by atoms with E-state index >= 15 is 0 Å². The molecule has 2 aromatic rings. The number of aryl methyl sites for hydroxylation is 1. The van der Waals surface area contributed by atoms with E-state index in [1.54, 1.807) is 6.07 Å². The Morgan fingerprint density at radius 3 is 2.42 bits per heavy atom. The van der Waals surface area contributed by atoms with Gasteiger partial charge in [0.2, 0.25) is 0 Å². The van der Waals surface area contributed by atoms with Crippen molar-refractivity contribution in [3.8, 4) is 0 Å². The summed E-state index contributed by atoms with van der Waals surface area (Å²) in [5.41, 5.74) is 8.13. The van der Waals surface area contributed by atoms with Gasteiger partial charge < -0.3 is 10.6 Å². The summed E-state index contributed by atoms with van der Waals surface area (Å²) < 4.78 is 0. The zero-order valence-corrected chi connectivity index (χ0v) is 12.3. The first-order chi connectivity index (χ1) is 8.97. The van der Waals surface area contributed by atoms with Crippen LogP contribution in [-0.4, -0.2) is 12.0 Å². The number of pyridine rings is 1. The molecular formula is C14H15Cl2N3. The summed E-state index contributed by atoms with van der Waals surface area (Å²) in [6.45, 7) is 2.76. The van der Waals surface area contributed by atoms with Crippen molar-refractivity contribution >= 4 is 34.8 Å². The lowest BCUT2D eigenvalue weighted by atomic mass is 10.1. The number of benzene rings is 1. The van der Waals surface area contributed by atoms with E-state index in [9.17, 15) is 0 Å². The van der Waals surface area contributed by atoms with Gasteiger partial charge in [0.25, 0.3) is 0 Å². The molecule has 1 heterocycles. The van der Waals surface area contributed by atoms with Crippen LogP contribution in [0.1, 0.15) is 11.1 Å². The van der Waals surface area contributed by atoms with Crippen molar-refractivity contribution in [2.24, 2.45) is 0 Å². The number of nitrogen functional groups attached to an aromatic ring is 1. The van der Waals surface area contributed by atoms with Gasteiger partial charge in [0.05, 0.1) is 10.0 Å². The minimum absolute atomic E-state index is 0.289. The van der Waals surface area contributed by atoms with Gasteiger partial charge in [-0.25, -0.2) is 4.98 Å². The molecule has 0 aliphatic heterocycles. The number of hydrogen-bond acceptors (Lipinski definition) is 3. The molecular weight excluding hydrogens is 281 g/mol. The zero-order chi connectivity index (χ0) is 14.0. The van der Waals surface area contributed by atoms with Crippen LogP contribution in [0.25, 0.3) is 0 Å². The SMILES string of the molecule is Cc1ccc(CN(C)c2nc(N)c(Cl)cc2Cl)cc1. The first kappa shape index (κ1) is 14.0. The maximum Gasteiger partial charge on any atom is 0.149 e. The normalized spacial score (nSPS) is 10.5. The van der Waals surface area contributed by atoms with Gasteiger partial charge in [-0.1, -0.05) is 53.0 Å². The molecule has 0 saturated heterocycles. The summed E-state index contributed by atoms with van der Waals surface area (Å²) in [5, 5.41) is 0.867. The van der Waals surface area contributed by atoms with E-state index in [0.717, 1.165) is 0 Å². The second-order valence-corrected chi connectivity index (χ2v) is 5.32. The fourth-order valence-electron chi connectivity index (χ4n) is 1.78. The quantitative estimate of drug-likeness (QED) is 0.933. The first-order valence-corrected chi connectivity index (χ1v) is 6.61. The van der Waals surface area contributed by atoms with Crippen LogP contribution >= 0.6 is 23.2 Å². The van der Waals surface area contributed by atoms with Gasteiger partial charge in [-0.3, -0.25) is 0 Å². The summed E-state index contributed by atoms with van der Waals surface area (Å²) in [6.07, 6.45) is 0. The molecule has 0 aliphatic carbocycles. The van der Waals surface area contributed by atoms with Crippen molar-refractivity contribution in [1.29, 1.82) is 0 Å². The number of anilines is 2. The minimum atomic E-state index is 0.289. The van der Waals surface area contributed by atoms with Gasteiger partial charge in [-0.2, -0.15) is 0 Å². The maximum absolute atomic E-state index is 6.14. The molecule has 0 bridgehead atoms. The van der Waals surface area contributed by atoms with Gasteiger partial charge in [0, 0.05) is 13.6 Å². The lowest BCUT2D eigenvalue weighted by Crippen LogP contribution is -2.18. The summed E-state index contributed by atoms with van der Waals surface area (Å²) in [5.74, 6) is 0.918. The van der Waals surface area contributed by atoms with Gasteiger partial charge >= 0.3 is 0 Å². The molecule has 0 spiro atoms. The predicted octanol–water partition coefficient (Wildman–Crippen LogP) is 3.92. The fraction of sp³-hybridized carbons (Fsp3) is 0.214. The average molecular weight is 296 g/mol. The van der Waals surface area contributed by atoms with Gasteiger partial charge in [-0.15, -0.1) is 0 Å². The molecule has 100 valence electrons. The van der Waals surface area contributed by atoms with Gasteiger partial charge in [0.15, 0.2) is 0 Å². The molecule has 0 unspecified atom stereocenters. The van der Waals surface area contributed by atoms with Crippen molar-refractivity contribution in [2.45, 2.75) is 13.5 Å². The van der Waals surface area contributed by atoms with Crippen molar-refractivity contribution in [1.82, 2.24) is 4.98 Å². The topological polar surface area (TPSA) is 42.2 Å². The summed E-state index contributed by atoms with van der Waals surface area (Å²) >= 11 is 12.0. The number of aromatic nitrogens is 1. The van der Waals surface area contributed by atoms with E-state index in [0.29, 0.717) is 22.4 Å². The van der Waals surface area contributed by atoms with Crippen LogP contribution in [0.5, 0.6) is 0 Å². The molecule has 1 aromatic carbocycles. The van der Waals surface area contributed by atoms with Crippen molar-refractivity contribution in [3.05, 3.63) is 51.5 Å². The largest absolute Gasteiger partial charge is 0.382 e. The molecule has 0 radical (unpaired) electrons. The van der Waals surface area contributed by atoms with Crippen LogP contribution < -0.4 is 10.6 Å². The van der Waals surface area contributed by atoms with Gasteiger partial charge in [0.1, 0.15) is 11.6 Å². The Morgan fingerprint density at radius 2 is 1.79 bits per heavy atom. The average Bonchev–Trinajstić information content (AvgIpc) is 2.36. The monoisotopic (exact) mass is 295 g/mol. The molecule has 2 N–H and O–H groups in total. The molecule has 0 atom stereocenters. The smallest absolute Gasteiger partial charge is 0.149 e. The highest BCUT2D eigenvalue weighted by atomic mass is 35.5. The van der Waals surface area contributed by atoms with E-state index in [4.69, 9.17) is 28.9 Å². The van der Waals surface area contributed by atoms with Crippen molar-refractivity contribution in [3.63, 3.8) is 0 Å². The number of rotatable bonds is 3. The van der Waals surface area contributed by atoms with Gasteiger partial charge in [-0.05, 0) is 18.6 Å². The van der Waals surface area contributed by atoms with Crippen LogP contribution in [0.2, 0.25) is 10.0 Å². The molecule has 0 fully saturated rings. The lowest BCUT2D eigenvalue weighted by Gasteiger charge is -2.20. The maximum atomic E-state index is 6.14. The van der Waals surface area contributed by atoms with Crippen LogP contribution in [-0.2, 0) is 6.54 Å². The third kappa shape index (κ3) is 3.31. The van der Waals surface area contributed by atoms with Crippen molar-refractivity contribution < 1.29 is 0 Å². The molecule has 3 nitrogen and oxygen atoms in total. The summed E-state index contributed by atoms with van der Waals surface area (Å²) in [7, 11) is 1.92. The first-order valence-electron chi connectivity index (χ1n) is 5.85. The lowest BCUT2D eigenvalue weighted by molar-refractivity contribution is 0.899. The molecule has 0 amide bonds. The van der Waals surface area contributed by atoms with Crippen LogP contribution in [0.3, 0.4) is 0 Å². The molecule has 0 saturated carbocycles. The molecule has 5 heteroatoms. The molecule has 0 aliphatic rings.